The molecule has 0 saturated carbocycles. The van der Waals surface area contributed by atoms with Gasteiger partial charge in [0.05, 0.1) is 10.8 Å². The summed E-state index contributed by atoms with van der Waals surface area (Å²) in [7, 11) is 0. The van der Waals surface area contributed by atoms with Crippen molar-refractivity contribution in [1.82, 2.24) is 9.78 Å². The third-order valence-electron chi connectivity index (χ3n) is 3.82. The first kappa shape index (κ1) is 15.7. The lowest BCUT2D eigenvalue weighted by atomic mass is 10.1. The molecule has 0 aliphatic rings. The van der Waals surface area contributed by atoms with Gasteiger partial charge in [-0.25, -0.2) is 4.68 Å². The van der Waals surface area contributed by atoms with Crippen LogP contribution in [0.25, 0.3) is 10.8 Å². The Morgan fingerprint density at radius 3 is 2.46 bits per heavy atom. The molecule has 1 N–H and O–H groups in total. The Balaban J connectivity index is 1.79. The Morgan fingerprint density at radius 1 is 1.04 bits per heavy atom. The number of carbonyl (C=O) groups is 1. The second-order valence-corrected chi connectivity index (χ2v) is 5.46. The fourth-order valence-corrected chi connectivity index (χ4v) is 2.46. The molecule has 0 amide bonds. The molecule has 6 nitrogen and oxygen atoms in total. The molecule has 0 aliphatic carbocycles. The van der Waals surface area contributed by atoms with Crippen molar-refractivity contribution in [3.8, 4) is 0 Å². The molecule has 0 aliphatic heterocycles. The van der Waals surface area contributed by atoms with Crippen molar-refractivity contribution < 1.29 is 9.53 Å². The van der Waals surface area contributed by atoms with Crippen LogP contribution in [0.5, 0.6) is 0 Å². The summed E-state index contributed by atoms with van der Waals surface area (Å²) in [5.41, 5.74) is 1.06. The van der Waals surface area contributed by atoms with Crippen LogP contribution in [0, 0.1) is 6.92 Å². The number of aromatic nitrogens is 2. The van der Waals surface area contributed by atoms with Crippen molar-refractivity contribution in [2.24, 2.45) is 0 Å². The van der Waals surface area contributed by atoms with Crippen molar-refractivity contribution in [3.63, 3.8) is 0 Å². The molecule has 3 aromatic rings. The van der Waals surface area contributed by atoms with Gasteiger partial charge in [-0.15, -0.1) is 0 Å². The van der Waals surface area contributed by atoms with Crippen LogP contribution in [0.2, 0.25) is 0 Å². The van der Waals surface area contributed by atoms with Crippen molar-refractivity contribution in [2.45, 2.75) is 20.1 Å². The van der Waals surface area contributed by atoms with Gasteiger partial charge in [-0.3, -0.25) is 19.5 Å². The van der Waals surface area contributed by atoms with Gasteiger partial charge in [0, 0.05) is 0 Å². The lowest BCUT2D eigenvalue weighted by Crippen LogP contribution is -2.32. The highest BCUT2D eigenvalue weighted by Gasteiger charge is 2.11. The average molecular weight is 324 g/mol. The standard InChI is InChI=1S/C18H16N2O4/c1-12-6-2-3-7-13(12)11-24-16(21)10-20-18(23)15-9-5-4-8-14(15)17(22)19-20/h2-9H,10-11H2,1H3,(H,19,22). The summed E-state index contributed by atoms with van der Waals surface area (Å²) >= 11 is 0. The molecule has 6 heteroatoms. The first-order valence-electron chi connectivity index (χ1n) is 7.48. The quantitative estimate of drug-likeness (QED) is 0.741. The summed E-state index contributed by atoms with van der Waals surface area (Å²) in [5.74, 6) is -0.591. The highest BCUT2D eigenvalue weighted by atomic mass is 16.5. The van der Waals surface area contributed by atoms with E-state index in [1.165, 1.54) is 0 Å². The normalized spacial score (nSPS) is 10.7. The second-order valence-electron chi connectivity index (χ2n) is 5.46. The number of nitrogens with one attached hydrogen (secondary N) is 1. The monoisotopic (exact) mass is 324 g/mol. The third-order valence-corrected chi connectivity index (χ3v) is 3.82. The summed E-state index contributed by atoms with van der Waals surface area (Å²) in [6.45, 7) is 1.71. The van der Waals surface area contributed by atoms with Gasteiger partial charge in [0.25, 0.3) is 11.1 Å². The van der Waals surface area contributed by atoms with Crippen LogP contribution in [0.3, 0.4) is 0 Å². The number of H-pyrrole nitrogens is 1. The van der Waals surface area contributed by atoms with E-state index in [4.69, 9.17) is 4.74 Å². The maximum atomic E-state index is 12.3. The molecule has 3 rings (SSSR count). The smallest absolute Gasteiger partial charge is 0.328 e. The molecule has 122 valence electrons. The van der Waals surface area contributed by atoms with Crippen LogP contribution >= 0.6 is 0 Å². The fraction of sp³-hybridized carbons (Fsp3) is 0.167. The van der Waals surface area contributed by atoms with E-state index < -0.39 is 17.1 Å². The van der Waals surface area contributed by atoms with E-state index in [1.807, 2.05) is 31.2 Å². The predicted octanol–water partition coefficient (Wildman–Crippen LogP) is 1.74. The molecule has 0 spiro atoms. The third kappa shape index (κ3) is 3.12. The van der Waals surface area contributed by atoms with Gasteiger partial charge in [-0.1, -0.05) is 36.4 Å². The van der Waals surface area contributed by atoms with Crippen molar-refractivity contribution >= 4 is 16.7 Å². The van der Waals surface area contributed by atoms with Crippen molar-refractivity contribution in [3.05, 3.63) is 80.4 Å². The van der Waals surface area contributed by atoms with Crippen LogP contribution < -0.4 is 11.1 Å². The maximum absolute atomic E-state index is 12.3. The molecule has 0 radical (unpaired) electrons. The Bertz CT molecular complexity index is 1020. The molecule has 0 atom stereocenters. The average Bonchev–Trinajstić information content (AvgIpc) is 2.59. The van der Waals surface area contributed by atoms with E-state index in [0.717, 1.165) is 15.8 Å². The van der Waals surface area contributed by atoms with E-state index in [2.05, 4.69) is 5.10 Å². The minimum Gasteiger partial charge on any atom is -0.459 e. The molecule has 0 bridgehead atoms. The number of hydrogen-bond acceptors (Lipinski definition) is 4. The molecule has 1 aromatic heterocycles. The first-order chi connectivity index (χ1) is 11.6. The molecular formula is C18H16N2O4. The SMILES string of the molecule is Cc1ccccc1COC(=O)Cn1[nH]c(=O)c2ccccc2c1=O. The van der Waals surface area contributed by atoms with Gasteiger partial charge in [0.1, 0.15) is 13.2 Å². The zero-order valence-electron chi connectivity index (χ0n) is 13.1. The number of rotatable bonds is 4. The number of hydrogen-bond donors (Lipinski definition) is 1. The lowest BCUT2D eigenvalue weighted by Gasteiger charge is -2.09. The summed E-state index contributed by atoms with van der Waals surface area (Å²) in [6, 6.07) is 14.0. The Morgan fingerprint density at radius 2 is 1.71 bits per heavy atom. The number of fused-ring (bicyclic) bond motifs is 1. The number of aromatic amines is 1. The van der Waals surface area contributed by atoms with Crippen LogP contribution in [0.1, 0.15) is 11.1 Å². The number of aryl methyl sites for hydroxylation is 1. The van der Waals surface area contributed by atoms with Crippen LogP contribution in [0.4, 0.5) is 0 Å². The number of nitrogens with zero attached hydrogens (tertiary/aromatic N) is 1. The van der Waals surface area contributed by atoms with E-state index in [0.29, 0.717) is 5.39 Å². The maximum Gasteiger partial charge on any atom is 0.328 e. The van der Waals surface area contributed by atoms with Gasteiger partial charge < -0.3 is 4.74 Å². The van der Waals surface area contributed by atoms with Gasteiger partial charge in [-0.05, 0) is 30.2 Å². The predicted molar refractivity (Wildman–Crippen MR) is 89.8 cm³/mol. The number of carbonyl (C=O) groups excluding carboxylic acids is 1. The Kier molecular flexibility index (Phi) is 4.29. The number of benzene rings is 2. The van der Waals surface area contributed by atoms with Crippen LogP contribution in [-0.2, 0) is 22.7 Å². The number of ether oxygens (including phenoxy) is 1. The van der Waals surface area contributed by atoms with E-state index in [-0.39, 0.29) is 18.5 Å². The molecule has 1 heterocycles. The van der Waals surface area contributed by atoms with E-state index in [9.17, 15) is 14.4 Å². The van der Waals surface area contributed by atoms with Crippen molar-refractivity contribution in [1.29, 1.82) is 0 Å². The van der Waals surface area contributed by atoms with E-state index >= 15 is 0 Å². The molecule has 0 unspecified atom stereocenters. The summed E-state index contributed by atoms with van der Waals surface area (Å²) in [4.78, 5) is 36.3. The summed E-state index contributed by atoms with van der Waals surface area (Å²) in [5, 5.41) is 2.98. The lowest BCUT2D eigenvalue weighted by molar-refractivity contribution is -0.146. The molecule has 0 fully saturated rings. The van der Waals surface area contributed by atoms with Gasteiger partial charge >= 0.3 is 5.97 Å². The van der Waals surface area contributed by atoms with E-state index in [1.54, 1.807) is 24.3 Å². The molecule has 0 saturated heterocycles. The largest absolute Gasteiger partial charge is 0.459 e. The minimum atomic E-state index is -0.591. The van der Waals surface area contributed by atoms with Crippen LogP contribution in [-0.4, -0.2) is 15.7 Å². The molecule has 2 aromatic carbocycles. The summed E-state index contributed by atoms with van der Waals surface area (Å²) < 4.78 is 6.18. The Hall–Kier alpha value is -3.15. The molecule has 24 heavy (non-hydrogen) atoms. The fourth-order valence-electron chi connectivity index (χ4n) is 2.46. The number of esters is 1. The van der Waals surface area contributed by atoms with Gasteiger partial charge in [-0.2, -0.15) is 0 Å². The zero-order chi connectivity index (χ0) is 17.1. The topological polar surface area (TPSA) is 81.2 Å². The first-order valence-corrected chi connectivity index (χ1v) is 7.48. The minimum absolute atomic E-state index is 0.123. The zero-order valence-corrected chi connectivity index (χ0v) is 13.1. The van der Waals surface area contributed by atoms with Crippen LogP contribution in [0.15, 0.2) is 58.1 Å². The highest BCUT2D eigenvalue weighted by Crippen LogP contribution is 2.08. The summed E-state index contributed by atoms with van der Waals surface area (Å²) in [6.07, 6.45) is 0. The Labute approximate surface area is 137 Å². The van der Waals surface area contributed by atoms with Gasteiger partial charge in [0.2, 0.25) is 0 Å². The molecular weight excluding hydrogens is 308 g/mol. The van der Waals surface area contributed by atoms with Gasteiger partial charge in [0.15, 0.2) is 0 Å². The van der Waals surface area contributed by atoms with Crippen molar-refractivity contribution in [2.75, 3.05) is 0 Å². The second kappa shape index (κ2) is 6.54. The highest BCUT2D eigenvalue weighted by molar-refractivity contribution is 5.80.